The SMILES string of the molecule is COC(=O)c1c(NC(=O)CSc2cccc(NC(=O)/C(=C\c3ccc(F)cc3)NC(=O)c3ccccc3)c2)sc2c1CCN(Cc1ccccc1)C2. The Morgan fingerprint density at radius 2 is 1.63 bits per heavy atom. The molecule has 0 unspecified atom stereocenters. The first-order valence-corrected chi connectivity index (χ1v) is 18.2. The van der Waals surface area contributed by atoms with Gasteiger partial charge in [0.1, 0.15) is 16.5 Å². The largest absolute Gasteiger partial charge is 0.465 e. The van der Waals surface area contributed by atoms with E-state index in [2.05, 4.69) is 33.0 Å². The Kier molecular flexibility index (Phi) is 11.9. The maximum absolute atomic E-state index is 13.5. The fourth-order valence-corrected chi connectivity index (χ4v) is 7.73. The molecule has 0 spiro atoms. The molecule has 0 bridgehead atoms. The molecule has 0 radical (unpaired) electrons. The zero-order chi connectivity index (χ0) is 36.5. The van der Waals surface area contributed by atoms with E-state index < -0.39 is 23.6 Å². The van der Waals surface area contributed by atoms with E-state index >= 15 is 0 Å². The lowest BCUT2D eigenvalue weighted by Crippen LogP contribution is -2.30. The summed E-state index contributed by atoms with van der Waals surface area (Å²) >= 11 is 2.66. The van der Waals surface area contributed by atoms with Gasteiger partial charge in [0.2, 0.25) is 5.91 Å². The van der Waals surface area contributed by atoms with Gasteiger partial charge >= 0.3 is 5.97 Å². The van der Waals surface area contributed by atoms with Gasteiger partial charge in [0.25, 0.3) is 11.8 Å². The van der Waals surface area contributed by atoms with Crippen molar-refractivity contribution >= 4 is 63.6 Å². The number of carbonyl (C=O) groups excluding carboxylic acids is 4. The molecular weight excluding hydrogens is 700 g/mol. The summed E-state index contributed by atoms with van der Waals surface area (Å²) in [5.41, 5.74) is 3.82. The van der Waals surface area contributed by atoms with E-state index in [1.54, 1.807) is 48.5 Å². The van der Waals surface area contributed by atoms with Crippen LogP contribution in [-0.2, 0) is 33.8 Å². The lowest BCUT2D eigenvalue weighted by atomic mass is 10.0. The maximum Gasteiger partial charge on any atom is 0.341 e. The third-order valence-electron chi connectivity index (χ3n) is 8.20. The van der Waals surface area contributed by atoms with Gasteiger partial charge in [-0.1, -0.05) is 66.7 Å². The van der Waals surface area contributed by atoms with Gasteiger partial charge in [-0.25, -0.2) is 9.18 Å². The number of rotatable bonds is 12. The second-order valence-electron chi connectivity index (χ2n) is 11.9. The number of methoxy groups -OCH3 is 1. The summed E-state index contributed by atoms with van der Waals surface area (Å²) in [5, 5.41) is 8.88. The second-order valence-corrected chi connectivity index (χ2v) is 14.0. The topological polar surface area (TPSA) is 117 Å². The van der Waals surface area contributed by atoms with Crippen LogP contribution in [0.4, 0.5) is 15.1 Å². The van der Waals surface area contributed by atoms with Gasteiger partial charge in [-0.3, -0.25) is 19.3 Å². The molecule has 3 N–H and O–H groups in total. The van der Waals surface area contributed by atoms with Crippen LogP contribution in [-0.4, -0.2) is 48.0 Å². The van der Waals surface area contributed by atoms with E-state index in [1.165, 1.54) is 66.1 Å². The molecular formula is C40H35FN4O5S2. The Labute approximate surface area is 308 Å². The van der Waals surface area contributed by atoms with Crippen molar-refractivity contribution < 1.29 is 28.3 Å². The van der Waals surface area contributed by atoms with Gasteiger partial charge in [0.05, 0.1) is 18.4 Å². The number of hydrogen-bond acceptors (Lipinski definition) is 8. The number of nitrogens with zero attached hydrogens (tertiary/aromatic N) is 1. The minimum absolute atomic E-state index is 0.0406. The van der Waals surface area contributed by atoms with Crippen LogP contribution in [0.25, 0.3) is 6.08 Å². The molecule has 0 aliphatic carbocycles. The zero-order valence-electron chi connectivity index (χ0n) is 28.2. The normalized spacial score (nSPS) is 12.8. The molecule has 264 valence electrons. The van der Waals surface area contributed by atoms with Gasteiger partial charge in [-0.05, 0) is 71.7 Å². The molecule has 4 aromatic carbocycles. The lowest BCUT2D eigenvalue weighted by Gasteiger charge is -2.27. The molecule has 0 fully saturated rings. The predicted molar refractivity (Wildman–Crippen MR) is 203 cm³/mol. The van der Waals surface area contributed by atoms with Crippen LogP contribution in [0.5, 0.6) is 0 Å². The van der Waals surface area contributed by atoms with Crippen LogP contribution in [0.3, 0.4) is 0 Å². The second kappa shape index (κ2) is 17.1. The number of nitrogens with one attached hydrogen (secondary N) is 3. The number of thiophene rings is 1. The van der Waals surface area contributed by atoms with Gasteiger partial charge in [0.15, 0.2) is 0 Å². The highest BCUT2D eigenvalue weighted by atomic mass is 32.2. The number of anilines is 2. The molecule has 3 amide bonds. The average molecular weight is 735 g/mol. The third kappa shape index (κ3) is 9.40. The smallest absolute Gasteiger partial charge is 0.341 e. The summed E-state index contributed by atoms with van der Waals surface area (Å²) in [6.45, 7) is 2.23. The molecule has 1 aliphatic heterocycles. The number of amides is 3. The molecule has 0 atom stereocenters. The van der Waals surface area contributed by atoms with Crippen molar-refractivity contribution in [1.82, 2.24) is 10.2 Å². The highest BCUT2D eigenvalue weighted by Gasteiger charge is 2.29. The van der Waals surface area contributed by atoms with Crippen LogP contribution >= 0.6 is 23.1 Å². The molecule has 9 nitrogen and oxygen atoms in total. The van der Waals surface area contributed by atoms with Crippen molar-refractivity contribution in [1.29, 1.82) is 0 Å². The van der Waals surface area contributed by atoms with Crippen molar-refractivity contribution in [3.63, 3.8) is 0 Å². The van der Waals surface area contributed by atoms with Crippen LogP contribution in [0.1, 0.15) is 42.3 Å². The van der Waals surface area contributed by atoms with E-state index in [4.69, 9.17) is 4.74 Å². The molecule has 5 aromatic rings. The minimum Gasteiger partial charge on any atom is -0.465 e. The summed E-state index contributed by atoms with van der Waals surface area (Å²) in [5.74, 6) is -2.23. The van der Waals surface area contributed by atoms with Gasteiger partial charge < -0.3 is 20.7 Å². The quantitative estimate of drug-likeness (QED) is 0.0697. The van der Waals surface area contributed by atoms with E-state index in [0.29, 0.717) is 45.2 Å². The highest BCUT2D eigenvalue weighted by molar-refractivity contribution is 8.00. The molecule has 2 heterocycles. The molecule has 52 heavy (non-hydrogen) atoms. The predicted octanol–water partition coefficient (Wildman–Crippen LogP) is 7.37. The number of esters is 1. The molecule has 6 rings (SSSR count). The third-order valence-corrected chi connectivity index (χ3v) is 10.3. The summed E-state index contributed by atoms with van der Waals surface area (Å²) in [4.78, 5) is 56.5. The Hall–Kier alpha value is -5.56. The van der Waals surface area contributed by atoms with E-state index in [0.717, 1.165) is 23.5 Å². The van der Waals surface area contributed by atoms with Gasteiger partial charge in [-0.15, -0.1) is 23.1 Å². The first kappa shape index (κ1) is 36.2. The fraction of sp³-hybridized carbons (Fsp3) is 0.150. The van der Waals surface area contributed by atoms with E-state index in [-0.39, 0.29) is 17.4 Å². The summed E-state index contributed by atoms with van der Waals surface area (Å²) in [6.07, 6.45) is 2.13. The van der Waals surface area contributed by atoms with Crippen molar-refractivity contribution in [3.8, 4) is 0 Å². The maximum atomic E-state index is 13.5. The number of halogens is 1. The number of carbonyl (C=O) groups is 4. The molecule has 1 aromatic heterocycles. The molecule has 0 saturated carbocycles. The number of hydrogen-bond donors (Lipinski definition) is 3. The molecule has 0 saturated heterocycles. The number of fused-ring (bicyclic) bond motifs is 1. The first-order valence-electron chi connectivity index (χ1n) is 16.4. The van der Waals surface area contributed by atoms with Gasteiger partial charge in [0, 0.05) is 40.7 Å². The van der Waals surface area contributed by atoms with Gasteiger partial charge in [-0.2, -0.15) is 0 Å². The van der Waals surface area contributed by atoms with Crippen molar-refractivity contribution in [2.45, 2.75) is 24.4 Å². The monoisotopic (exact) mass is 734 g/mol. The molecule has 12 heteroatoms. The summed E-state index contributed by atoms with van der Waals surface area (Å²) in [7, 11) is 1.34. The van der Waals surface area contributed by atoms with Crippen LogP contribution < -0.4 is 16.0 Å². The summed E-state index contributed by atoms with van der Waals surface area (Å²) in [6, 6.07) is 31.2. The average Bonchev–Trinajstić information content (AvgIpc) is 3.51. The number of ether oxygens (including phenoxy) is 1. The van der Waals surface area contributed by atoms with Crippen molar-refractivity contribution in [2.24, 2.45) is 0 Å². The lowest BCUT2D eigenvalue weighted by molar-refractivity contribution is -0.114. The molecule has 1 aliphatic rings. The van der Waals surface area contributed by atoms with Crippen LogP contribution in [0, 0.1) is 5.82 Å². The Morgan fingerprint density at radius 3 is 2.37 bits per heavy atom. The van der Waals surface area contributed by atoms with Crippen molar-refractivity contribution in [2.75, 3.05) is 30.0 Å². The Balaban J connectivity index is 1.11. The first-order chi connectivity index (χ1) is 25.2. The standard InChI is InChI=1S/C40H35FN4O5S2/c1-50-40(49)36-32-19-20-45(23-27-9-4-2-5-10-27)24-34(32)52-39(36)44-35(46)25-51-31-14-8-13-30(22-31)42-38(48)33(21-26-15-17-29(41)18-16-26)43-37(47)28-11-6-3-7-12-28/h2-18,21-22H,19-20,23-25H2,1H3,(H,42,48)(H,43,47)(H,44,46)/b33-21+. The number of thioether (sulfide) groups is 1. The summed E-state index contributed by atoms with van der Waals surface area (Å²) < 4.78 is 18.6. The van der Waals surface area contributed by atoms with E-state index in [9.17, 15) is 23.6 Å². The Bertz CT molecular complexity index is 2100. The van der Waals surface area contributed by atoms with Crippen molar-refractivity contribution in [3.05, 3.63) is 153 Å². The Morgan fingerprint density at radius 1 is 0.904 bits per heavy atom. The zero-order valence-corrected chi connectivity index (χ0v) is 29.8. The van der Waals surface area contributed by atoms with E-state index in [1.807, 2.05) is 24.3 Å². The van der Waals surface area contributed by atoms with Crippen LogP contribution in [0.2, 0.25) is 0 Å². The highest BCUT2D eigenvalue weighted by Crippen LogP contribution is 2.38. The number of benzene rings is 4. The minimum atomic E-state index is -0.590. The van der Waals surface area contributed by atoms with Crippen LogP contribution in [0.15, 0.2) is 120 Å². The fourth-order valence-electron chi connectivity index (χ4n) is 5.68.